The van der Waals surface area contributed by atoms with Crippen molar-refractivity contribution in [3.8, 4) is 0 Å². The fraction of sp³-hybridized carbons (Fsp3) is 0.889. The summed E-state index contributed by atoms with van der Waals surface area (Å²) in [5.41, 5.74) is -0.504. The molecule has 1 aliphatic heterocycles. The molecule has 1 saturated heterocycles. The monoisotopic (exact) mass is 295 g/mol. The Morgan fingerprint density at radius 3 is 2.89 bits per heavy atom. The first-order chi connectivity index (χ1) is 8.39. The summed E-state index contributed by atoms with van der Waals surface area (Å²) in [5.74, 6) is 0.171. The normalized spacial score (nSPS) is 25.1. The molecule has 2 unspecified atom stereocenters. The van der Waals surface area contributed by atoms with E-state index in [1.54, 1.807) is 6.92 Å². The van der Waals surface area contributed by atoms with E-state index in [-0.39, 0.29) is 11.1 Å². The number of hydrazone groups is 1. The van der Waals surface area contributed by atoms with Crippen molar-refractivity contribution in [1.82, 2.24) is 5.32 Å². The van der Waals surface area contributed by atoms with Crippen LogP contribution in [0.3, 0.4) is 0 Å². The Morgan fingerprint density at radius 1 is 1.72 bits per heavy atom. The number of nitrogens with zero attached hydrogens (tertiary/aromatic N) is 2. The first kappa shape index (κ1) is 15.5. The zero-order valence-electron chi connectivity index (χ0n) is 10.7. The molecule has 7 nitrogen and oxygen atoms in total. The summed E-state index contributed by atoms with van der Waals surface area (Å²) in [7, 11) is 0. The second-order valence-corrected chi connectivity index (χ2v) is 9.34. The van der Waals surface area contributed by atoms with Crippen molar-refractivity contribution >= 4 is 23.8 Å². The molecule has 0 saturated carbocycles. The average molecular weight is 295 g/mol. The number of hydrogen-bond donors (Lipinski definition) is 1. The second kappa shape index (κ2) is 6.54. The standard InChI is InChI=1S/C9H18N3O4PS/c1-4-16-17(15,18-7(2)3)8-5-6-10-9(8)11-12(13)14/h7-8H,4-6H2,1-3H3,(H,10,11). The van der Waals surface area contributed by atoms with E-state index in [0.29, 0.717) is 19.6 Å². The highest BCUT2D eigenvalue weighted by Gasteiger charge is 2.43. The summed E-state index contributed by atoms with van der Waals surface area (Å²) in [6, 6.07) is 0. The van der Waals surface area contributed by atoms with Gasteiger partial charge in [-0.25, -0.2) is 10.1 Å². The predicted molar refractivity (Wildman–Crippen MR) is 72.8 cm³/mol. The van der Waals surface area contributed by atoms with Gasteiger partial charge in [0.15, 0.2) is 10.9 Å². The van der Waals surface area contributed by atoms with Gasteiger partial charge in [0.2, 0.25) is 0 Å². The summed E-state index contributed by atoms with van der Waals surface area (Å²) < 4.78 is 18.2. The lowest BCUT2D eigenvalue weighted by atomic mass is 10.4. The van der Waals surface area contributed by atoms with Gasteiger partial charge in [-0.05, 0) is 13.3 Å². The molecule has 0 bridgehead atoms. The molecular weight excluding hydrogens is 277 g/mol. The van der Waals surface area contributed by atoms with Crippen LogP contribution in [0.25, 0.3) is 0 Å². The molecule has 104 valence electrons. The smallest absolute Gasteiger partial charge is 0.268 e. The number of rotatable bonds is 6. The fourth-order valence-corrected chi connectivity index (χ4v) is 7.30. The molecule has 0 aromatic heterocycles. The lowest BCUT2D eigenvalue weighted by Gasteiger charge is -2.23. The van der Waals surface area contributed by atoms with Crippen LogP contribution in [0.2, 0.25) is 0 Å². The highest BCUT2D eigenvalue weighted by molar-refractivity contribution is 8.57. The van der Waals surface area contributed by atoms with Crippen molar-refractivity contribution < 1.29 is 14.1 Å². The largest absolute Gasteiger partial charge is 0.368 e. The highest BCUT2D eigenvalue weighted by Crippen LogP contribution is 2.66. The van der Waals surface area contributed by atoms with Crippen molar-refractivity contribution in [2.45, 2.75) is 38.1 Å². The molecule has 1 aliphatic rings. The number of nitro groups is 1. The van der Waals surface area contributed by atoms with Gasteiger partial charge in [-0.2, -0.15) is 0 Å². The van der Waals surface area contributed by atoms with Gasteiger partial charge in [-0.1, -0.05) is 25.2 Å². The van der Waals surface area contributed by atoms with Gasteiger partial charge in [0, 0.05) is 11.8 Å². The van der Waals surface area contributed by atoms with E-state index < -0.39 is 17.3 Å². The van der Waals surface area contributed by atoms with Crippen LogP contribution in [0.1, 0.15) is 27.2 Å². The minimum Gasteiger partial charge on any atom is -0.368 e. The van der Waals surface area contributed by atoms with Crippen molar-refractivity contribution in [2.24, 2.45) is 5.10 Å². The number of amidine groups is 1. The molecule has 0 radical (unpaired) electrons. The molecule has 1 fully saturated rings. The van der Waals surface area contributed by atoms with Crippen LogP contribution in [0.4, 0.5) is 0 Å². The van der Waals surface area contributed by atoms with Crippen molar-refractivity contribution in [3.05, 3.63) is 10.1 Å². The Hall–Kier alpha value is -0.590. The first-order valence-electron chi connectivity index (χ1n) is 5.78. The van der Waals surface area contributed by atoms with Crippen molar-refractivity contribution in [3.63, 3.8) is 0 Å². The maximum absolute atomic E-state index is 12.8. The third-order valence-corrected chi connectivity index (χ3v) is 8.10. The van der Waals surface area contributed by atoms with Gasteiger partial charge in [0.25, 0.3) is 6.57 Å². The van der Waals surface area contributed by atoms with E-state index in [0.717, 1.165) is 0 Å². The lowest BCUT2D eigenvalue weighted by Crippen LogP contribution is -2.25. The highest BCUT2D eigenvalue weighted by atomic mass is 32.7. The third-order valence-electron chi connectivity index (χ3n) is 2.28. The van der Waals surface area contributed by atoms with Gasteiger partial charge in [0.1, 0.15) is 5.66 Å². The van der Waals surface area contributed by atoms with Crippen LogP contribution in [0.15, 0.2) is 5.10 Å². The van der Waals surface area contributed by atoms with E-state index in [4.69, 9.17) is 4.52 Å². The van der Waals surface area contributed by atoms with Crippen LogP contribution in [-0.2, 0) is 9.09 Å². The van der Waals surface area contributed by atoms with E-state index in [2.05, 4.69) is 10.4 Å². The van der Waals surface area contributed by atoms with Gasteiger partial charge in [-0.15, -0.1) is 0 Å². The number of hydrogen-bond acceptors (Lipinski definition) is 5. The maximum atomic E-state index is 12.8. The Morgan fingerprint density at radius 2 is 2.39 bits per heavy atom. The summed E-state index contributed by atoms with van der Waals surface area (Å²) in [5, 5.41) is 15.9. The Balaban J connectivity index is 2.98. The summed E-state index contributed by atoms with van der Waals surface area (Å²) >= 11 is 1.24. The summed E-state index contributed by atoms with van der Waals surface area (Å²) in [6.45, 7) is 3.44. The van der Waals surface area contributed by atoms with Crippen LogP contribution in [-0.4, -0.2) is 34.9 Å². The van der Waals surface area contributed by atoms with Crippen molar-refractivity contribution in [2.75, 3.05) is 13.2 Å². The fourth-order valence-electron chi connectivity index (χ4n) is 1.76. The van der Waals surface area contributed by atoms with Gasteiger partial charge < -0.3 is 9.84 Å². The number of nitrogens with one attached hydrogen (secondary N) is 1. The molecule has 0 amide bonds. The van der Waals surface area contributed by atoms with Gasteiger partial charge in [0.05, 0.1) is 11.7 Å². The topological polar surface area (TPSA) is 93.8 Å². The summed E-state index contributed by atoms with van der Waals surface area (Å²) in [4.78, 5) is 10.4. The molecule has 0 aromatic carbocycles. The quantitative estimate of drug-likeness (QED) is 0.459. The van der Waals surface area contributed by atoms with Gasteiger partial charge in [-0.3, -0.25) is 4.57 Å². The van der Waals surface area contributed by atoms with Crippen molar-refractivity contribution in [1.29, 1.82) is 0 Å². The summed E-state index contributed by atoms with van der Waals surface area (Å²) in [6.07, 6.45) is 0.545. The molecule has 9 heteroatoms. The molecule has 2 atom stereocenters. The van der Waals surface area contributed by atoms with E-state index >= 15 is 0 Å². The maximum Gasteiger partial charge on any atom is 0.268 e. The zero-order valence-corrected chi connectivity index (χ0v) is 12.4. The molecule has 18 heavy (non-hydrogen) atoms. The molecule has 1 N–H and O–H groups in total. The lowest BCUT2D eigenvalue weighted by molar-refractivity contribution is -0.485. The zero-order chi connectivity index (χ0) is 13.8. The average Bonchev–Trinajstić information content (AvgIpc) is 2.64. The van der Waals surface area contributed by atoms with E-state index in [1.807, 2.05) is 13.8 Å². The van der Waals surface area contributed by atoms with Crippen LogP contribution in [0, 0.1) is 10.1 Å². The molecular formula is C9H18N3O4PS. The Kier molecular flexibility index (Phi) is 5.62. The van der Waals surface area contributed by atoms with Crippen LogP contribution >= 0.6 is 18.0 Å². The van der Waals surface area contributed by atoms with E-state index in [9.17, 15) is 14.7 Å². The van der Waals surface area contributed by atoms with E-state index in [1.165, 1.54) is 11.4 Å². The first-order valence-corrected chi connectivity index (χ1v) is 8.96. The third kappa shape index (κ3) is 3.96. The second-order valence-electron chi connectivity index (χ2n) is 4.07. The minimum atomic E-state index is -3.02. The molecule has 0 aromatic rings. The molecule has 0 aliphatic carbocycles. The predicted octanol–water partition coefficient (Wildman–Crippen LogP) is 2.31. The SMILES string of the molecule is CCOP(=O)(SC(C)C)C1CCN/C1=N/[N+](=O)[O-]. The minimum absolute atomic E-state index is 0.125. The Labute approximate surface area is 110 Å². The van der Waals surface area contributed by atoms with Crippen LogP contribution < -0.4 is 5.32 Å². The molecule has 1 heterocycles. The molecule has 0 spiro atoms. The van der Waals surface area contributed by atoms with Gasteiger partial charge >= 0.3 is 0 Å². The Bertz CT molecular complexity index is 388. The van der Waals surface area contributed by atoms with Crippen LogP contribution in [0.5, 0.6) is 0 Å². The molecule has 1 rings (SSSR count).